The van der Waals surface area contributed by atoms with Crippen LogP contribution in [0.5, 0.6) is 0 Å². The Balaban J connectivity index is 1.57. The van der Waals surface area contributed by atoms with Crippen LogP contribution in [0.3, 0.4) is 0 Å². The van der Waals surface area contributed by atoms with E-state index in [4.69, 9.17) is 4.98 Å². The van der Waals surface area contributed by atoms with Gasteiger partial charge in [0.2, 0.25) is 11.9 Å². The molecule has 0 bridgehead atoms. The van der Waals surface area contributed by atoms with E-state index in [0.29, 0.717) is 24.6 Å². The molecule has 1 N–H and O–H groups in total. The number of nitrogens with one attached hydrogen (secondary N) is 1. The van der Waals surface area contributed by atoms with Gasteiger partial charge in [-0.2, -0.15) is 0 Å². The lowest BCUT2D eigenvalue weighted by atomic mass is 9.89. The number of carbonyl (C=O) groups is 2. The molecule has 0 aliphatic carbocycles. The number of nitrogens with zero attached hydrogens (tertiary/aromatic N) is 4. The smallest absolute Gasteiger partial charge is 0.252 e. The first kappa shape index (κ1) is 24.4. The van der Waals surface area contributed by atoms with Crippen LogP contribution < -0.4 is 10.2 Å². The molecule has 2 aromatic carbocycles. The molecular weight excluding hydrogens is 438 g/mol. The minimum Gasteiger partial charge on any atom is -0.347 e. The van der Waals surface area contributed by atoms with Gasteiger partial charge < -0.3 is 15.1 Å². The van der Waals surface area contributed by atoms with E-state index in [1.807, 2.05) is 66.5 Å². The van der Waals surface area contributed by atoms with E-state index in [9.17, 15) is 9.59 Å². The first-order chi connectivity index (χ1) is 16.8. The Hall–Kier alpha value is -3.74. The maximum absolute atomic E-state index is 13.6. The molecule has 0 radical (unpaired) electrons. The molecule has 0 saturated carbocycles. The Bertz CT molecular complexity index is 1180. The number of aromatic nitrogens is 2. The maximum atomic E-state index is 13.6. The SMILES string of the molecule is CN(C)c1ncc(-c2ccccc2)c([C@@H]2CCCN(C(=O)C(C)(C)NC(=O)c3ccccc3)C2)n1. The minimum atomic E-state index is -1.03. The molecular formula is C28H33N5O2. The number of amides is 2. The van der Waals surface area contributed by atoms with Gasteiger partial charge in [0.15, 0.2) is 0 Å². The summed E-state index contributed by atoms with van der Waals surface area (Å²) >= 11 is 0. The Morgan fingerprint density at radius 1 is 1.03 bits per heavy atom. The number of hydrogen-bond acceptors (Lipinski definition) is 5. The average Bonchev–Trinajstić information content (AvgIpc) is 2.88. The van der Waals surface area contributed by atoms with E-state index in [1.54, 1.807) is 26.0 Å². The number of hydrogen-bond donors (Lipinski definition) is 1. The van der Waals surface area contributed by atoms with Crippen LogP contribution in [0, 0.1) is 0 Å². The van der Waals surface area contributed by atoms with Crippen LogP contribution in [0.4, 0.5) is 5.95 Å². The Kier molecular flexibility index (Phi) is 7.15. The second kappa shape index (κ2) is 10.3. The summed E-state index contributed by atoms with van der Waals surface area (Å²) in [7, 11) is 3.85. The van der Waals surface area contributed by atoms with Crippen molar-refractivity contribution in [2.45, 2.75) is 38.1 Å². The van der Waals surface area contributed by atoms with Gasteiger partial charge in [-0.3, -0.25) is 9.59 Å². The maximum Gasteiger partial charge on any atom is 0.252 e. The summed E-state index contributed by atoms with van der Waals surface area (Å²) in [4.78, 5) is 39.5. The zero-order chi connectivity index (χ0) is 25.0. The van der Waals surface area contributed by atoms with Crippen molar-refractivity contribution < 1.29 is 9.59 Å². The fourth-order valence-corrected chi connectivity index (χ4v) is 4.53. The van der Waals surface area contributed by atoms with Crippen LogP contribution in [0.2, 0.25) is 0 Å². The summed E-state index contributed by atoms with van der Waals surface area (Å²) in [5.41, 5.74) is 2.52. The van der Waals surface area contributed by atoms with Gasteiger partial charge in [0.25, 0.3) is 5.91 Å². The van der Waals surface area contributed by atoms with Crippen molar-refractivity contribution in [2.75, 3.05) is 32.1 Å². The third-order valence-electron chi connectivity index (χ3n) is 6.38. The van der Waals surface area contributed by atoms with Gasteiger partial charge in [-0.25, -0.2) is 9.97 Å². The second-order valence-electron chi connectivity index (χ2n) is 9.76. The van der Waals surface area contributed by atoms with E-state index >= 15 is 0 Å². The summed E-state index contributed by atoms with van der Waals surface area (Å²) in [5, 5.41) is 2.92. The highest BCUT2D eigenvalue weighted by Gasteiger charge is 2.37. The van der Waals surface area contributed by atoms with Crippen molar-refractivity contribution >= 4 is 17.8 Å². The number of benzene rings is 2. The molecule has 1 aliphatic rings. The van der Waals surface area contributed by atoms with Crippen LogP contribution in [0.1, 0.15) is 48.7 Å². The largest absolute Gasteiger partial charge is 0.347 e. The van der Waals surface area contributed by atoms with Crippen molar-refractivity contribution in [1.82, 2.24) is 20.2 Å². The van der Waals surface area contributed by atoms with Crippen molar-refractivity contribution in [1.29, 1.82) is 0 Å². The van der Waals surface area contributed by atoms with Crippen LogP contribution in [-0.2, 0) is 4.79 Å². The Morgan fingerprint density at radius 3 is 2.34 bits per heavy atom. The molecule has 0 unspecified atom stereocenters. The third kappa shape index (κ3) is 5.50. The van der Waals surface area contributed by atoms with Crippen LogP contribution in [0.15, 0.2) is 66.9 Å². The topological polar surface area (TPSA) is 78.4 Å². The highest BCUT2D eigenvalue weighted by atomic mass is 16.2. The molecule has 1 fully saturated rings. The van der Waals surface area contributed by atoms with Crippen LogP contribution in [-0.4, -0.2) is 59.4 Å². The zero-order valence-corrected chi connectivity index (χ0v) is 20.9. The zero-order valence-electron chi connectivity index (χ0n) is 20.9. The van der Waals surface area contributed by atoms with Gasteiger partial charge in [-0.05, 0) is 44.4 Å². The fraction of sp³-hybridized carbons (Fsp3) is 0.357. The first-order valence-electron chi connectivity index (χ1n) is 12.0. The third-order valence-corrected chi connectivity index (χ3v) is 6.38. The van der Waals surface area contributed by atoms with E-state index < -0.39 is 5.54 Å². The van der Waals surface area contributed by atoms with Crippen molar-refractivity contribution in [3.05, 3.63) is 78.1 Å². The lowest BCUT2D eigenvalue weighted by molar-refractivity contribution is -0.138. The molecule has 1 aromatic heterocycles. The van der Waals surface area contributed by atoms with E-state index in [0.717, 1.165) is 29.7 Å². The summed E-state index contributed by atoms with van der Waals surface area (Å²) in [5.74, 6) is 0.383. The van der Waals surface area contributed by atoms with Crippen molar-refractivity contribution in [3.63, 3.8) is 0 Å². The second-order valence-corrected chi connectivity index (χ2v) is 9.76. The first-order valence-corrected chi connectivity index (χ1v) is 12.0. The number of likely N-dealkylation sites (tertiary alicyclic amines) is 1. The van der Waals surface area contributed by atoms with E-state index in [2.05, 4.69) is 22.4 Å². The number of carbonyl (C=O) groups excluding carboxylic acids is 2. The van der Waals surface area contributed by atoms with Crippen LogP contribution in [0.25, 0.3) is 11.1 Å². The van der Waals surface area contributed by atoms with Gasteiger partial charge in [-0.15, -0.1) is 0 Å². The number of piperidine rings is 1. The van der Waals surface area contributed by atoms with Crippen molar-refractivity contribution in [2.24, 2.45) is 0 Å². The molecule has 1 aliphatic heterocycles. The predicted octanol–water partition coefficient (Wildman–Crippen LogP) is 4.12. The van der Waals surface area contributed by atoms with Gasteiger partial charge in [0, 0.05) is 50.4 Å². The quantitative estimate of drug-likeness (QED) is 0.585. The molecule has 7 nitrogen and oxygen atoms in total. The molecule has 1 saturated heterocycles. The Labute approximate surface area is 207 Å². The summed E-state index contributed by atoms with van der Waals surface area (Å²) in [6.07, 6.45) is 3.69. The molecule has 2 amide bonds. The lowest BCUT2D eigenvalue weighted by Gasteiger charge is -2.38. The van der Waals surface area contributed by atoms with Gasteiger partial charge in [0.05, 0.1) is 5.69 Å². The molecule has 1 atom stereocenters. The molecule has 4 rings (SSSR count). The highest BCUT2D eigenvalue weighted by Crippen LogP contribution is 2.34. The molecule has 3 aromatic rings. The number of rotatable bonds is 6. The predicted molar refractivity (Wildman–Crippen MR) is 138 cm³/mol. The van der Waals surface area contributed by atoms with Crippen LogP contribution >= 0.6 is 0 Å². The average molecular weight is 472 g/mol. The van der Waals surface area contributed by atoms with Gasteiger partial charge >= 0.3 is 0 Å². The van der Waals surface area contributed by atoms with Gasteiger partial charge in [-0.1, -0.05) is 48.5 Å². The minimum absolute atomic E-state index is 0.0743. The summed E-state index contributed by atoms with van der Waals surface area (Å²) in [6.45, 7) is 4.74. The molecule has 35 heavy (non-hydrogen) atoms. The monoisotopic (exact) mass is 471 g/mol. The summed E-state index contributed by atoms with van der Waals surface area (Å²) in [6, 6.07) is 19.1. The Morgan fingerprint density at radius 2 is 1.69 bits per heavy atom. The standard InChI is InChI=1S/C28H33N5O2/c1-28(2,31-25(34)21-14-9-6-10-15-21)26(35)33-17-11-16-22(19-33)24-23(20-12-7-5-8-13-20)18-29-27(30-24)32(3)4/h5-10,12-15,18,22H,11,16-17,19H2,1-4H3,(H,31,34)/t22-/m1/s1. The molecule has 7 heteroatoms. The van der Waals surface area contributed by atoms with Gasteiger partial charge in [0.1, 0.15) is 5.54 Å². The molecule has 0 spiro atoms. The molecule has 182 valence electrons. The fourth-order valence-electron chi connectivity index (χ4n) is 4.53. The number of anilines is 1. The summed E-state index contributed by atoms with van der Waals surface area (Å²) < 4.78 is 0. The highest BCUT2D eigenvalue weighted by molar-refractivity contribution is 5.99. The van der Waals surface area contributed by atoms with E-state index in [1.165, 1.54) is 0 Å². The van der Waals surface area contributed by atoms with Crippen molar-refractivity contribution in [3.8, 4) is 11.1 Å². The lowest BCUT2D eigenvalue weighted by Crippen LogP contribution is -2.57. The normalized spacial score (nSPS) is 16.0. The van der Waals surface area contributed by atoms with E-state index in [-0.39, 0.29) is 17.7 Å². The molecule has 2 heterocycles.